The molecular weight excluding hydrogens is 562 g/mol. The van der Waals surface area contributed by atoms with Crippen LogP contribution in [0, 0.1) is 0 Å². The Morgan fingerprint density at radius 2 is 1.63 bits per heavy atom. The van der Waals surface area contributed by atoms with Crippen LogP contribution in [0.25, 0.3) is 0 Å². The number of amides is 2. The van der Waals surface area contributed by atoms with E-state index < -0.39 is 28.5 Å². The minimum Gasteiger partial charge on any atom is -0.497 e. The highest BCUT2D eigenvalue weighted by molar-refractivity contribution is 7.98. The zero-order valence-electron chi connectivity index (χ0n) is 24.0. The molecule has 0 saturated carbocycles. The van der Waals surface area contributed by atoms with Crippen molar-refractivity contribution in [2.75, 3.05) is 37.9 Å². The third kappa shape index (κ3) is 7.74. The number of hydrogen-bond acceptors (Lipinski definition) is 7. The van der Waals surface area contributed by atoms with E-state index in [2.05, 4.69) is 5.32 Å². The Kier molecular flexibility index (Phi) is 11.5. The van der Waals surface area contributed by atoms with E-state index in [1.54, 1.807) is 69.5 Å². The van der Waals surface area contributed by atoms with Crippen LogP contribution >= 0.6 is 11.8 Å². The van der Waals surface area contributed by atoms with Crippen molar-refractivity contribution in [1.82, 2.24) is 10.2 Å². The van der Waals surface area contributed by atoms with Crippen LogP contribution < -0.4 is 19.1 Å². The first-order chi connectivity index (χ1) is 19.7. The lowest BCUT2D eigenvalue weighted by Gasteiger charge is -2.33. The molecule has 0 aliphatic rings. The van der Waals surface area contributed by atoms with Gasteiger partial charge >= 0.3 is 0 Å². The van der Waals surface area contributed by atoms with Gasteiger partial charge in [0.1, 0.15) is 24.1 Å². The zero-order chi connectivity index (χ0) is 30.0. The molecule has 3 aromatic rings. The van der Waals surface area contributed by atoms with Crippen LogP contribution in [0.3, 0.4) is 0 Å². The van der Waals surface area contributed by atoms with Gasteiger partial charge in [-0.05, 0) is 73.7 Å². The summed E-state index contributed by atoms with van der Waals surface area (Å²) in [7, 11) is -1.14. The van der Waals surface area contributed by atoms with Crippen LogP contribution in [0.5, 0.6) is 11.5 Å². The zero-order valence-corrected chi connectivity index (χ0v) is 25.6. The SMILES string of the molecule is CCOc1ccccc1N(CC(=O)N(Cc1ccc(OC)cc1)[C@H](CC)C(=O)NC)S(=O)(=O)c1ccc(SC)cc1. The smallest absolute Gasteiger partial charge is 0.264 e. The third-order valence-corrected chi connectivity index (χ3v) is 9.02. The Labute approximate surface area is 246 Å². The maximum atomic E-state index is 14.1. The van der Waals surface area contributed by atoms with Crippen LogP contribution in [0.1, 0.15) is 25.8 Å². The van der Waals surface area contributed by atoms with E-state index in [9.17, 15) is 18.0 Å². The number of para-hydroxylation sites is 2. The number of carbonyl (C=O) groups excluding carboxylic acids is 2. The summed E-state index contributed by atoms with van der Waals surface area (Å²) in [6, 6.07) is 19.5. The molecule has 0 heterocycles. The number of hydrogen-bond donors (Lipinski definition) is 1. The molecule has 9 nitrogen and oxygen atoms in total. The number of nitrogens with one attached hydrogen (secondary N) is 1. The molecule has 3 aromatic carbocycles. The highest BCUT2D eigenvalue weighted by Gasteiger charge is 2.34. The first-order valence-electron chi connectivity index (χ1n) is 13.2. The van der Waals surface area contributed by atoms with E-state index in [1.807, 2.05) is 18.4 Å². The lowest BCUT2D eigenvalue weighted by Crippen LogP contribution is -2.51. The number of nitrogens with zero attached hydrogens (tertiary/aromatic N) is 2. The Morgan fingerprint density at radius 1 is 0.976 bits per heavy atom. The van der Waals surface area contributed by atoms with Gasteiger partial charge in [-0.3, -0.25) is 13.9 Å². The van der Waals surface area contributed by atoms with Gasteiger partial charge in [0.15, 0.2) is 0 Å². The average Bonchev–Trinajstić information content (AvgIpc) is 3.00. The summed E-state index contributed by atoms with van der Waals surface area (Å²) in [5.41, 5.74) is 0.993. The minimum absolute atomic E-state index is 0.0365. The predicted octanol–water partition coefficient (Wildman–Crippen LogP) is 4.56. The highest BCUT2D eigenvalue weighted by atomic mass is 32.2. The Hall–Kier alpha value is -3.70. The van der Waals surface area contributed by atoms with E-state index >= 15 is 0 Å². The number of methoxy groups -OCH3 is 1. The quantitative estimate of drug-likeness (QED) is 0.271. The summed E-state index contributed by atoms with van der Waals surface area (Å²) in [4.78, 5) is 29.3. The number of carbonyl (C=O) groups is 2. The van der Waals surface area contributed by atoms with Crippen LogP contribution in [0.4, 0.5) is 5.69 Å². The maximum absolute atomic E-state index is 14.1. The van der Waals surface area contributed by atoms with Crippen molar-refractivity contribution >= 4 is 39.3 Å². The monoisotopic (exact) mass is 599 g/mol. The third-order valence-electron chi connectivity index (χ3n) is 6.50. The van der Waals surface area contributed by atoms with Gasteiger partial charge in [-0.15, -0.1) is 11.8 Å². The maximum Gasteiger partial charge on any atom is 0.264 e. The molecule has 11 heteroatoms. The molecule has 0 radical (unpaired) electrons. The molecule has 0 aromatic heterocycles. The van der Waals surface area contributed by atoms with Crippen molar-refractivity contribution in [2.24, 2.45) is 0 Å². The van der Waals surface area contributed by atoms with Gasteiger partial charge in [0, 0.05) is 18.5 Å². The summed E-state index contributed by atoms with van der Waals surface area (Å²) in [5, 5.41) is 2.63. The Balaban J connectivity index is 2.10. The molecule has 2 amide bonds. The highest BCUT2D eigenvalue weighted by Crippen LogP contribution is 2.33. The molecule has 0 unspecified atom stereocenters. The summed E-state index contributed by atoms with van der Waals surface area (Å²) >= 11 is 1.50. The van der Waals surface area contributed by atoms with Crippen molar-refractivity contribution < 1.29 is 27.5 Å². The summed E-state index contributed by atoms with van der Waals surface area (Å²) in [5.74, 6) is 0.104. The molecule has 1 atom stereocenters. The topological polar surface area (TPSA) is 105 Å². The molecule has 3 rings (SSSR count). The molecule has 0 bridgehead atoms. The number of ether oxygens (including phenoxy) is 2. The number of likely N-dealkylation sites (N-methyl/N-ethyl adjacent to an activating group) is 1. The van der Waals surface area contributed by atoms with Crippen LogP contribution in [-0.2, 0) is 26.2 Å². The molecule has 0 aliphatic carbocycles. The number of thioether (sulfide) groups is 1. The van der Waals surface area contributed by atoms with Gasteiger partial charge in [-0.1, -0.05) is 31.2 Å². The van der Waals surface area contributed by atoms with E-state index in [-0.39, 0.29) is 23.0 Å². The van der Waals surface area contributed by atoms with Gasteiger partial charge in [-0.2, -0.15) is 0 Å². The largest absolute Gasteiger partial charge is 0.497 e. The normalized spacial score (nSPS) is 11.8. The second kappa shape index (κ2) is 14.8. The van der Waals surface area contributed by atoms with E-state index in [0.717, 1.165) is 14.8 Å². The number of sulfonamides is 1. The minimum atomic E-state index is -4.21. The molecule has 0 saturated heterocycles. The molecule has 0 aliphatic heterocycles. The van der Waals surface area contributed by atoms with E-state index in [1.165, 1.54) is 35.8 Å². The van der Waals surface area contributed by atoms with Crippen LogP contribution in [0.15, 0.2) is 82.6 Å². The van der Waals surface area contributed by atoms with Gasteiger partial charge < -0.3 is 19.7 Å². The summed E-state index contributed by atoms with van der Waals surface area (Å²) in [6.45, 7) is 3.46. The number of benzene rings is 3. The average molecular weight is 600 g/mol. The first kappa shape index (κ1) is 31.8. The molecular formula is C30H37N3O6S2. The van der Waals surface area contributed by atoms with Gasteiger partial charge in [0.25, 0.3) is 10.0 Å². The lowest BCUT2D eigenvalue weighted by atomic mass is 10.1. The van der Waals surface area contributed by atoms with Gasteiger partial charge in [0.2, 0.25) is 11.8 Å². The van der Waals surface area contributed by atoms with Gasteiger partial charge in [0.05, 0.1) is 24.3 Å². The molecule has 220 valence electrons. The first-order valence-corrected chi connectivity index (χ1v) is 15.9. The molecule has 0 fully saturated rings. The Morgan fingerprint density at radius 3 is 2.20 bits per heavy atom. The summed E-state index contributed by atoms with van der Waals surface area (Å²) in [6.07, 6.45) is 2.24. The van der Waals surface area contributed by atoms with Crippen molar-refractivity contribution in [2.45, 2.75) is 42.6 Å². The lowest BCUT2D eigenvalue weighted by molar-refractivity contribution is -0.140. The fourth-order valence-electron chi connectivity index (χ4n) is 4.34. The van der Waals surface area contributed by atoms with Crippen molar-refractivity contribution in [3.05, 3.63) is 78.4 Å². The van der Waals surface area contributed by atoms with Crippen LogP contribution in [0.2, 0.25) is 0 Å². The van der Waals surface area contributed by atoms with E-state index in [0.29, 0.717) is 24.5 Å². The van der Waals surface area contributed by atoms with Crippen LogP contribution in [-0.4, -0.2) is 64.7 Å². The summed E-state index contributed by atoms with van der Waals surface area (Å²) < 4.78 is 40.3. The Bertz CT molecular complexity index is 1410. The number of rotatable bonds is 14. The van der Waals surface area contributed by atoms with Crippen molar-refractivity contribution in [1.29, 1.82) is 0 Å². The molecule has 0 spiro atoms. The predicted molar refractivity (Wildman–Crippen MR) is 162 cm³/mol. The van der Waals surface area contributed by atoms with Crippen molar-refractivity contribution in [3.63, 3.8) is 0 Å². The standard InChI is InChI=1S/C30H37N3O6S2/c1-6-26(30(35)31-3)32(20-22-12-14-23(38-4)15-13-22)29(34)21-33(27-10-8-9-11-28(27)39-7-2)41(36,37)25-18-16-24(40-5)17-19-25/h8-19,26H,6-7,20-21H2,1-5H3,(H,31,35)/t26-/m1/s1. The second-order valence-corrected chi connectivity index (χ2v) is 11.7. The molecule has 1 N–H and O–H groups in total. The van der Waals surface area contributed by atoms with Gasteiger partial charge in [-0.25, -0.2) is 8.42 Å². The fraction of sp³-hybridized carbons (Fsp3) is 0.333. The number of anilines is 1. The fourth-order valence-corrected chi connectivity index (χ4v) is 6.18. The van der Waals surface area contributed by atoms with Crippen molar-refractivity contribution in [3.8, 4) is 11.5 Å². The second-order valence-electron chi connectivity index (χ2n) is 9.00. The molecule has 41 heavy (non-hydrogen) atoms. The van der Waals surface area contributed by atoms with E-state index in [4.69, 9.17) is 9.47 Å².